The molecular formula is C64H58O9. The molecule has 73 heavy (non-hydrogen) atoms. The van der Waals surface area contributed by atoms with E-state index in [1.165, 1.54) is 16.7 Å². The number of hydrogen-bond acceptors (Lipinski definition) is 9. The van der Waals surface area contributed by atoms with Gasteiger partial charge in [-0.3, -0.25) is 14.4 Å². The van der Waals surface area contributed by atoms with E-state index >= 15 is 0 Å². The summed E-state index contributed by atoms with van der Waals surface area (Å²) in [6, 6.07) is 66.9. The van der Waals surface area contributed by atoms with Crippen molar-refractivity contribution in [2.75, 3.05) is 28.4 Å². The molecule has 0 bridgehead atoms. The van der Waals surface area contributed by atoms with Gasteiger partial charge in [-0.05, 0) is 195 Å². The Kier molecular flexibility index (Phi) is 19.0. The number of aryl methyl sites for hydroxylation is 2. The van der Waals surface area contributed by atoms with Gasteiger partial charge in [-0.15, -0.1) is 0 Å². The standard InChI is InChI=1S/C27H22O3.C21H18O3.C15H14O3.CH4/c1-19-3-5-20(6-4-19)21-7-15-25(16-8-21)30-26-17-11-23(12-18-26)27(28)22-9-13-24(29-2)14-10-22;1-15-3-9-19(10-4-15)24-20-13-7-17(8-14-20)21(22)16-5-11-18(23-2)12-6-16;1-17-13-7-3-11(4-8-13)15(16)12-5-9-14(18-2)10-6-12;/h3-18H,1-2H3;3-14H,1-2H3;3-10H,1-2H3;1H4. The van der Waals surface area contributed by atoms with Crippen molar-refractivity contribution in [2.24, 2.45) is 0 Å². The van der Waals surface area contributed by atoms with E-state index in [1.807, 2.05) is 67.6 Å². The fourth-order valence-corrected chi connectivity index (χ4v) is 7.16. The molecule has 9 rings (SSSR count). The first-order chi connectivity index (χ1) is 35.0. The summed E-state index contributed by atoms with van der Waals surface area (Å²) in [6.07, 6.45) is 0. The highest BCUT2D eigenvalue weighted by Crippen LogP contribution is 2.28. The molecule has 0 heterocycles. The maximum Gasteiger partial charge on any atom is 0.193 e. The number of carbonyl (C=O) groups excluding carboxylic acids is 3. The van der Waals surface area contributed by atoms with Crippen LogP contribution in [0, 0.1) is 13.8 Å². The van der Waals surface area contributed by atoms with E-state index in [0.717, 1.165) is 40.1 Å². The van der Waals surface area contributed by atoms with E-state index in [4.69, 9.17) is 28.4 Å². The van der Waals surface area contributed by atoms with Crippen LogP contribution < -0.4 is 28.4 Å². The minimum Gasteiger partial charge on any atom is -0.497 e. The molecule has 9 aromatic carbocycles. The molecule has 0 aliphatic heterocycles. The summed E-state index contributed by atoms with van der Waals surface area (Å²) in [6.45, 7) is 4.11. The highest BCUT2D eigenvalue weighted by Gasteiger charge is 2.12. The zero-order valence-corrected chi connectivity index (χ0v) is 41.0. The molecule has 0 amide bonds. The number of benzene rings is 9. The van der Waals surface area contributed by atoms with Crippen molar-refractivity contribution in [3.05, 3.63) is 263 Å². The maximum absolute atomic E-state index is 12.6. The van der Waals surface area contributed by atoms with Crippen molar-refractivity contribution in [2.45, 2.75) is 21.3 Å². The summed E-state index contributed by atoms with van der Waals surface area (Å²) in [5, 5.41) is 0. The minimum atomic E-state index is -0.0355. The number of hydrogen-bond donors (Lipinski definition) is 0. The zero-order chi connectivity index (χ0) is 50.8. The van der Waals surface area contributed by atoms with Crippen LogP contribution in [-0.4, -0.2) is 45.8 Å². The first-order valence-corrected chi connectivity index (χ1v) is 23.0. The fourth-order valence-electron chi connectivity index (χ4n) is 7.16. The summed E-state index contributed by atoms with van der Waals surface area (Å²) in [5.74, 6) is 5.76. The molecule has 0 spiro atoms. The van der Waals surface area contributed by atoms with Gasteiger partial charge in [0.15, 0.2) is 17.3 Å². The maximum atomic E-state index is 12.6. The first kappa shape index (κ1) is 53.1. The Bertz CT molecular complexity index is 3100. The van der Waals surface area contributed by atoms with Gasteiger partial charge in [0.1, 0.15) is 46.0 Å². The number of methoxy groups -OCH3 is 4. The minimum absolute atomic E-state index is 0. The lowest BCUT2D eigenvalue weighted by Gasteiger charge is -2.08. The molecule has 0 radical (unpaired) electrons. The van der Waals surface area contributed by atoms with Gasteiger partial charge in [0.25, 0.3) is 0 Å². The van der Waals surface area contributed by atoms with Gasteiger partial charge in [0, 0.05) is 33.4 Å². The van der Waals surface area contributed by atoms with Crippen molar-refractivity contribution in [3.8, 4) is 57.1 Å². The second kappa shape index (κ2) is 26.1. The average Bonchev–Trinajstić information content (AvgIpc) is 3.44. The third-order valence-electron chi connectivity index (χ3n) is 11.4. The molecule has 0 saturated carbocycles. The van der Waals surface area contributed by atoms with Gasteiger partial charge >= 0.3 is 0 Å². The molecule has 0 saturated heterocycles. The molecule has 0 unspecified atom stereocenters. The summed E-state index contributed by atoms with van der Waals surface area (Å²) in [5.41, 5.74) is 8.51. The predicted molar refractivity (Wildman–Crippen MR) is 290 cm³/mol. The number of rotatable bonds is 15. The molecule has 0 N–H and O–H groups in total. The van der Waals surface area contributed by atoms with E-state index in [0.29, 0.717) is 44.9 Å². The number of carbonyl (C=O) groups is 3. The van der Waals surface area contributed by atoms with E-state index in [-0.39, 0.29) is 24.8 Å². The summed E-state index contributed by atoms with van der Waals surface area (Å²) in [4.78, 5) is 37.3. The van der Waals surface area contributed by atoms with Crippen LogP contribution >= 0.6 is 0 Å². The lowest BCUT2D eigenvalue weighted by Crippen LogP contribution is -2.01. The second-order valence-corrected chi connectivity index (χ2v) is 16.4. The normalized spacial score (nSPS) is 10.1. The van der Waals surface area contributed by atoms with E-state index in [9.17, 15) is 14.4 Å². The van der Waals surface area contributed by atoms with Gasteiger partial charge in [0.05, 0.1) is 28.4 Å². The van der Waals surface area contributed by atoms with Gasteiger partial charge in [-0.25, -0.2) is 0 Å². The highest BCUT2D eigenvalue weighted by atomic mass is 16.5. The summed E-state index contributed by atoms with van der Waals surface area (Å²) >= 11 is 0. The smallest absolute Gasteiger partial charge is 0.193 e. The van der Waals surface area contributed by atoms with Crippen LogP contribution in [0.1, 0.15) is 66.3 Å². The van der Waals surface area contributed by atoms with Crippen LogP contribution in [0.25, 0.3) is 11.1 Å². The van der Waals surface area contributed by atoms with E-state index < -0.39 is 0 Å². The lowest BCUT2D eigenvalue weighted by atomic mass is 10.0. The van der Waals surface area contributed by atoms with Crippen LogP contribution in [0.2, 0.25) is 0 Å². The molecule has 9 heteroatoms. The third-order valence-corrected chi connectivity index (χ3v) is 11.4. The molecule has 0 aromatic heterocycles. The molecule has 0 aliphatic rings. The quantitative estimate of drug-likeness (QED) is 0.0928. The largest absolute Gasteiger partial charge is 0.497 e. The van der Waals surface area contributed by atoms with Crippen molar-refractivity contribution in [1.29, 1.82) is 0 Å². The Morgan fingerprint density at radius 1 is 0.247 bits per heavy atom. The Hall–Kier alpha value is -9.21. The molecule has 0 atom stereocenters. The highest BCUT2D eigenvalue weighted by molar-refractivity contribution is 6.10. The molecule has 9 nitrogen and oxygen atoms in total. The Labute approximate surface area is 428 Å². The Balaban J connectivity index is 0.000000183. The van der Waals surface area contributed by atoms with Crippen molar-refractivity contribution >= 4 is 17.3 Å². The Morgan fingerprint density at radius 3 is 0.630 bits per heavy atom. The van der Waals surface area contributed by atoms with Crippen molar-refractivity contribution < 1.29 is 42.8 Å². The SMILES string of the molecule is C.COc1ccc(C(=O)c2ccc(OC)cc2)cc1.COc1ccc(C(=O)c2ccc(Oc3ccc(-c4ccc(C)cc4)cc3)cc2)cc1.COc1ccc(C(=O)c2ccc(Oc3ccc(C)cc3)cc2)cc1. The first-order valence-electron chi connectivity index (χ1n) is 23.0. The van der Waals surface area contributed by atoms with Gasteiger partial charge in [-0.2, -0.15) is 0 Å². The van der Waals surface area contributed by atoms with Crippen molar-refractivity contribution in [1.82, 2.24) is 0 Å². The van der Waals surface area contributed by atoms with Gasteiger partial charge < -0.3 is 28.4 Å². The van der Waals surface area contributed by atoms with Crippen LogP contribution in [0.4, 0.5) is 0 Å². The third kappa shape index (κ3) is 14.9. The van der Waals surface area contributed by atoms with Crippen LogP contribution in [0.3, 0.4) is 0 Å². The molecule has 9 aromatic rings. The molecule has 368 valence electrons. The van der Waals surface area contributed by atoms with Gasteiger partial charge in [0.2, 0.25) is 0 Å². The Morgan fingerprint density at radius 2 is 0.411 bits per heavy atom. The van der Waals surface area contributed by atoms with Crippen molar-refractivity contribution in [3.63, 3.8) is 0 Å². The molecule has 0 aliphatic carbocycles. The summed E-state index contributed by atoms with van der Waals surface area (Å²) in [7, 11) is 6.40. The number of ketones is 3. The second-order valence-electron chi connectivity index (χ2n) is 16.4. The zero-order valence-electron chi connectivity index (χ0n) is 41.0. The van der Waals surface area contributed by atoms with E-state index in [1.54, 1.807) is 162 Å². The predicted octanol–water partition coefficient (Wildman–Crippen LogP) is 15.3. The van der Waals surface area contributed by atoms with Crippen LogP contribution in [0.15, 0.2) is 218 Å². The molecular weight excluding hydrogens is 913 g/mol. The molecule has 0 fully saturated rings. The topological polar surface area (TPSA) is 107 Å². The number of ether oxygens (including phenoxy) is 6. The fraction of sp³-hybridized carbons (Fsp3) is 0.109. The summed E-state index contributed by atoms with van der Waals surface area (Å²) < 4.78 is 32.1. The van der Waals surface area contributed by atoms with Crippen LogP contribution in [0.5, 0.6) is 46.0 Å². The lowest BCUT2D eigenvalue weighted by molar-refractivity contribution is 0.103. The van der Waals surface area contributed by atoms with Gasteiger partial charge in [-0.1, -0.05) is 67.1 Å². The monoisotopic (exact) mass is 970 g/mol. The average molecular weight is 971 g/mol. The van der Waals surface area contributed by atoms with E-state index in [2.05, 4.69) is 31.2 Å². The van der Waals surface area contributed by atoms with Crippen LogP contribution in [-0.2, 0) is 0 Å².